The van der Waals surface area contributed by atoms with Crippen molar-refractivity contribution in [3.63, 3.8) is 0 Å². The molecule has 0 aliphatic carbocycles. The van der Waals surface area contributed by atoms with Gasteiger partial charge in [0.15, 0.2) is 0 Å². The second-order valence-corrected chi connectivity index (χ2v) is 7.86. The van der Waals surface area contributed by atoms with E-state index in [2.05, 4.69) is 38.6 Å². The Morgan fingerprint density at radius 2 is 2.23 bits per heavy atom. The molecule has 5 nitrogen and oxygen atoms in total. The molecule has 2 aromatic rings. The number of hydrogen-bond donors (Lipinski definition) is 1. The van der Waals surface area contributed by atoms with Crippen molar-refractivity contribution in [2.24, 2.45) is 0 Å². The van der Waals surface area contributed by atoms with E-state index in [1.54, 1.807) is 4.90 Å². The Bertz CT molecular complexity index is 705. The van der Waals surface area contributed by atoms with Crippen LogP contribution in [0.3, 0.4) is 0 Å². The predicted molar refractivity (Wildman–Crippen MR) is 93.7 cm³/mol. The minimum absolute atomic E-state index is 0.0279. The smallest absolute Gasteiger partial charge is 0.410 e. The number of H-pyrrole nitrogens is 1. The summed E-state index contributed by atoms with van der Waals surface area (Å²) in [7, 11) is 0. The molecule has 1 unspecified atom stereocenters. The molecule has 6 heteroatoms. The summed E-state index contributed by atoms with van der Waals surface area (Å²) >= 11 is 2.28. The van der Waals surface area contributed by atoms with Gasteiger partial charge in [0, 0.05) is 10.1 Å². The summed E-state index contributed by atoms with van der Waals surface area (Å²) in [6.45, 7) is 6.38. The Hall–Kier alpha value is -1.31. The normalized spacial score (nSPS) is 18.9. The Morgan fingerprint density at radius 1 is 1.45 bits per heavy atom. The van der Waals surface area contributed by atoms with Gasteiger partial charge < -0.3 is 9.72 Å². The van der Waals surface area contributed by atoms with Crippen molar-refractivity contribution < 1.29 is 9.53 Å². The van der Waals surface area contributed by atoms with Gasteiger partial charge in [0.25, 0.3) is 0 Å². The number of benzene rings is 1. The molecular formula is C16H20IN3O2. The molecule has 1 saturated heterocycles. The van der Waals surface area contributed by atoms with Crippen molar-refractivity contribution in [1.29, 1.82) is 0 Å². The van der Waals surface area contributed by atoms with Crippen LogP contribution < -0.4 is 0 Å². The second-order valence-electron chi connectivity index (χ2n) is 6.62. The number of halogens is 1. The molecule has 1 amide bonds. The highest BCUT2D eigenvalue weighted by Gasteiger charge is 2.34. The van der Waals surface area contributed by atoms with Gasteiger partial charge in [0.2, 0.25) is 0 Å². The van der Waals surface area contributed by atoms with Crippen LogP contribution in [0.2, 0.25) is 0 Å². The van der Waals surface area contributed by atoms with E-state index in [0.29, 0.717) is 6.54 Å². The van der Waals surface area contributed by atoms with E-state index < -0.39 is 5.60 Å². The predicted octanol–water partition coefficient (Wildman–Crippen LogP) is 4.24. The van der Waals surface area contributed by atoms with Crippen molar-refractivity contribution in [1.82, 2.24) is 14.9 Å². The van der Waals surface area contributed by atoms with Crippen LogP contribution in [-0.2, 0) is 4.74 Å². The average Bonchev–Trinajstić information content (AvgIpc) is 3.01. The Kier molecular flexibility index (Phi) is 4.05. The average molecular weight is 413 g/mol. The van der Waals surface area contributed by atoms with E-state index in [9.17, 15) is 4.79 Å². The molecular weight excluding hydrogens is 393 g/mol. The van der Waals surface area contributed by atoms with Crippen LogP contribution in [0.5, 0.6) is 0 Å². The number of nitrogens with zero attached hydrogens (tertiary/aromatic N) is 2. The monoisotopic (exact) mass is 413 g/mol. The van der Waals surface area contributed by atoms with Crippen molar-refractivity contribution in [3.8, 4) is 0 Å². The molecule has 3 rings (SSSR count). The highest BCUT2D eigenvalue weighted by atomic mass is 127. The van der Waals surface area contributed by atoms with Crippen LogP contribution in [0.15, 0.2) is 18.2 Å². The van der Waals surface area contributed by atoms with Crippen molar-refractivity contribution in [2.75, 3.05) is 6.54 Å². The van der Waals surface area contributed by atoms with E-state index in [1.807, 2.05) is 32.9 Å². The van der Waals surface area contributed by atoms with Gasteiger partial charge in [-0.05, 0) is 74.4 Å². The quantitative estimate of drug-likeness (QED) is 0.712. The van der Waals surface area contributed by atoms with Gasteiger partial charge in [-0.1, -0.05) is 0 Å². The third-order valence-corrected chi connectivity index (χ3v) is 4.33. The molecule has 0 spiro atoms. The molecule has 1 atom stereocenters. The molecule has 22 heavy (non-hydrogen) atoms. The number of imidazole rings is 1. The molecule has 0 saturated carbocycles. The summed E-state index contributed by atoms with van der Waals surface area (Å²) in [6, 6.07) is 6.08. The number of aromatic nitrogens is 2. The Balaban J connectivity index is 1.86. The first-order valence-corrected chi connectivity index (χ1v) is 8.56. The van der Waals surface area contributed by atoms with Crippen LogP contribution in [0.1, 0.15) is 45.5 Å². The maximum atomic E-state index is 12.4. The van der Waals surface area contributed by atoms with Gasteiger partial charge in [0.05, 0.1) is 17.1 Å². The molecule has 1 fully saturated rings. The molecule has 1 aliphatic heterocycles. The summed E-state index contributed by atoms with van der Waals surface area (Å²) in [5.41, 5.74) is 1.47. The molecule has 1 aromatic carbocycles. The lowest BCUT2D eigenvalue weighted by atomic mass is 10.2. The van der Waals surface area contributed by atoms with E-state index in [-0.39, 0.29) is 12.1 Å². The first-order valence-electron chi connectivity index (χ1n) is 7.48. The maximum Gasteiger partial charge on any atom is 0.410 e. The molecule has 0 bridgehead atoms. The van der Waals surface area contributed by atoms with Crippen molar-refractivity contribution >= 4 is 39.7 Å². The number of likely N-dealkylation sites (tertiary alicyclic amines) is 1. The van der Waals surface area contributed by atoms with E-state index >= 15 is 0 Å². The highest BCUT2D eigenvalue weighted by molar-refractivity contribution is 14.1. The number of carbonyl (C=O) groups excluding carboxylic acids is 1. The minimum Gasteiger partial charge on any atom is -0.444 e. The summed E-state index contributed by atoms with van der Waals surface area (Å²) in [5.74, 6) is 0.848. The van der Waals surface area contributed by atoms with Crippen LogP contribution in [-0.4, -0.2) is 33.1 Å². The first kappa shape index (κ1) is 15.6. The minimum atomic E-state index is -0.478. The molecule has 0 radical (unpaired) electrons. The molecule has 2 heterocycles. The van der Waals surface area contributed by atoms with E-state index in [1.165, 1.54) is 0 Å². The molecule has 1 N–H and O–H groups in total. The van der Waals surface area contributed by atoms with Crippen LogP contribution in [0.4, 0.5) is 4.79 Å². The van der Waals surface area contributed by atoms with Gasteiger partial charge in [-0.2, -0.15) is 0 Å². The lowest BCUT2D eigenvalue weighted by molar-refractivity contribution is 0.0219. The van der Waals surface area contributed by atoms with Gasteiger partial charge >= 0.3 is 6.09 Å². The topological polar surface area (TPSA) is 58.2 Å². The summed E-state index contributed by atoms with van der Waals surface area (Å²) in [5, 5.41) is 0. The number of rotatable bonds is 1. The fourth-order valence-electron chi connectivity index (χ4n) is 2.75. The molecule has 1 aromatic heterocycles. The maximum absolute atomic E-state index is 12.4. The largest absolute Gasteiger partial charge is 0.444 e. The van der Waals surface area contributed by atoms with E-state index in [0.717, 1.165) is 33.3 Å². The van der Waals surface area contributed by atoms with Crippen LogP contribution >= 0.6 is 22.6 Å². The zero-order valence-corrected chi connectivity index (χ0v) is 15.2. The van der Waals surface area contributed by atoms with Gasteiger partial charge in [-0.15, -0.1) is 0 Å². The number of carbonyl (C=O) groups is 1. The Morgan fingerprint density at radius 3 is 2.95 bits per heavy atom. The zero-order valence-electron chi connectivity index (χ0n) is 13.0. The summed E-state index contributed by atoms with van der Waals surface area (Å²) < 4.78 is 6.67. The molecule has 1 aliphatic rings. The standard InChI is InChI=1S/C16H20IN3O2/c1-16(2,3)22-15(21)20-8-4-5-13(20)14-18-11-7-6-10(17)9-12(11)19-14/h6-7,9,13H,4-5,8H2,1-3H3,(H,18,19). The van der Waals surface area contributed by atoms with Crippen LogP contribution in [0.25, 0.3) is 11.0 Å². The first-order chi connectivity index (χ1) is 10.3. The van der Waals surface area contributed by atoms with Gasteiger partial charge in [0.1, 0.15) is 11.4 Å². The lowest BCUT2D eigenvalue weighted by Gasteiger charge is -2.27. The number of hydrogen-bond acceptors (Lipinski definition) is 3. The van der Waals surface area contributed by atoms with Crippen molar-refractivity contribution in [2.45, 2.75) is 45.3 Å². The number of aromatic amines is 1. The lowest BCUT2D eigenvalue weighted by Crippen LogP contribution is -2.36. The highest BCUT2D eigenvalue weighted by Crippen LogP contribution is 2.32. The molecule has 118 valence electrons. The third kappa shape index (κ3) is 3.21. The van der Waals surface area contributed by atoms with Gasteiger partial charge in [-0.25, -0.2) is 9.78 Å². The summed E-state index contributed by atoms with van der Waals surface area (Å²) in [4.78, 5) is 22.2. The second kappa shape index (κ2) is 5.72. The SMILES string of the molecule is CC(C)(C)OC(=O)N1CCCC1c1nc2ccc(I)cc2[nH]1. The van der Waals surface area contributed by atoms with Crippen LogP contribution in [0, 0.1) is 3.57 Å². The van der Waals surface area contributed by atoms with Crippen molar-refractivity contribution in [3.05, 3.63) is 27.6 Å². The van der Waals surface area contributed by atoms with E-state index in [4.69, 9.17) is 4.74 Å². The summed E-state index contributed by atoms with van der Waals surface area (Å²) in [6.07, 6.45) is 1.62. The number of amides is 1. The fourth-order valence-corrected chi connectivity index (χ4v) is 3.24. The third-order valence-electron chi connectivity index (χ3n) is 3.66. The fraction of sp³-hybridized carbons (Fsp3) is 0.500. The van der Waals surface area contributed by atoms with Gasteiger partial charge in [-0.3, -0.25) is 4.90 Å². The zero-order chi connectivity index (χ0) is 15.9. The number of ether oxygens (including phenoxy) is 1. The Labute approximate surface area is 143 Å². The number of nitrogens with one attached hydrogen (secondary N) is 1. The number of fused-ring (bicyclic) bond motifs is 1.